The molecule has 0 saturated heterocycles. The molecule has 4 aliphatic rings. The highest BCUT2D eigenvalue weighted by atomic mass is 16.5. The fraction of sp³-hybridized carbons (Fsp3) is 0.318. The molecule has 9 rings (SSSR count). The number of aromatic nitrogens is 2. The Balaban J connectivity index is 1.08. The maximum atomic E-state index is 6.64. The number of ether oxygens (including phenoxy) is 2. The normalized spacial score (nSPS) is 19.4. The van der Waals surface area contributed by atoms with E-state index in [4.69, 9.17) is 29.4 Å². The summed E-state index contributed by atoms with van der Waals surface area (Å²) in [5, 5.41) is 0. The van der Waals surface area contributed by atoms with Crippen LogP contribution in [0.3, 0.4) is 0 Å². The number of amidine groups is 2. The minimum Gasteiger partial charge on any atom is -0.458 e. The van der Waals surface area contributed by atoms with Crippen LogP contribution < -0.4 is 35.7 Å². The van der Waals surface area contributed by atoms with Gasteiger partial charge in [0.25, 0.3) is 6.71 Å². The first-order valence-corrected chi connectivity index (χ1v) is 18.5. The Labute approximate surface area is 312 Å². The van der Waals surface area contributed by atoms with Crippen LogP contribution in [0.25, 0.3) is 22.5 Å². The minimum atomic E-state index is -0.237. The number of nitrogens with zero attached hydrogens (tertiary/aromatic N) is 6. The third kappa shape index (κ3) is 4.82. The van der Waals surface area contributed by atoms with Crippen molar-refractivity contribution in [3.8, 4) is 45.5 Å². The number of rotatable bonds is 4. The Morgan fingerprint density at radius 2 is 0.925 bits per heavy atom. The monoisotopic (exact) mass is 700 g/mol. The molecule has 5 aromatic rings. The number of pyridine rings is 2. The molecule has 6 heterocycles. The average molecular weight is 701 g/mol. The molecule has 0 spiro atoms. The first kappa shape index (κ1) is 33.4. The van der Waals surface area contributed by atoms with E-state index in [2.05, 4.69) is 152 Å². The zero-order valence-electron chi connectivity index (χ0n) is 32.2. The molecule has 0 aliphatic carbocycles. The smallest absolute Gasteiger partial charge is 0.260 e. The predicted octanol–water partition coefficient (Wildman–Crippen LogP) is 8.13. The maximum Gasteiger partial charge on any atom is 0.260 e. The van der Waals surface area contributed by atoms with Crippen LogP contribution >= 0.6 is 0 Å². The number of aliphatic imine (C=N–C) groups is 2. The average Bonchev–Trinajstić information content (AvgIpc) is 3.38. The van der Waals surface area contributed by atoms with Crippen molar-refractivity contribution in [2.24, 2.45) is 9.98 Å². The van der Waals surface area contributed by atoms with Gasteiger partial charge in [0.2, 0.25) is 0 Å². The summed E-state index contributed by atoms with van der Waals surface area (Å²) < 4.78 is 13.3. The van der Waals surface area contributed by atoms with Gasteiger partial charge < -0.3 is 19.3 Å². The van der Waals surface area contributed by atoms with Crippen molar-refractivity contribution < 1.29 is 9.47 Å². The second-order valence-corrected chi connectivity index (χ2v) is 16.8. The summed E-state index contributed by atoms with van der Waals surface area (Å²) in [6, 6.07) is 31.4. The van der Waals surface area contributed by atoms with E-state index in [-0.39, 0.29) is 28.9 Å². The van der Waals surface area contributed by atoms with E-state index < -0.39 is 0 Å². The van der Waals surface area contributed by atoms with Crippen molar-refractivity contribution in [3.05, 3.63) is 91.0 Å². The van der Waals surface area contributed by atoms with Gasteiger partial charge >= 0.3 is 0 Å². The quantitative estimate of drug-likeness (QED) is 0.173. The van der Waals surface area contributed by atoms with Crippen LogP contribution in [-0.4, -0.2) is 50.5 Å². The van der Waals surface area contributed by atoms with E-state index in [9.17, 15) is 0 Å². The van der Waals surface area contributed by atoms with E-state index in [0.29, 0.717) is 0 Å². The first-order chi connectivity index (χ1) is 25.1. The number of hydrogen-bond acceptors (Lipinski definition) is 8. The van der Waals surface area contributed by atoms with Gasteiger partial charge in [-0.15, -0.1) is 0 Å². The molecule has 0 atom stereocenters. The largest absolute Gasteiger partial charge is 0.458 e. The lowest BCUT2D eigenvalue weighted by Crippen LogP contribution is -2.57. The Morgan fingerprint density at radius 3 is 1.32 bits per heavy atom. The van der Waals surface area contributed by atoms with Crippen molar-refractivity contribution in [1.29, 1.82) is 0 Å². The molecule has 2 aromatic heterocycles. The zero-order valence-corrected chi connectivity index (χ0v) is 32.2. The first-order valence-electron chi connectivity index (χ1n) is 18.5. The van der Waals surface area contributed by atoms with Crippen LogP contribution in [-0.2, 0) is 0 Å². The fourth-order valence-corrected chi connectivity index (χ4v) is 8.60. The molecule has 0 saturated carbocycles. The van der Waals surface area contributed by atoms with Crippen LogP contribution in [0.1, 0.15) is 69.2 Å². The van der Waals surface area contributed by atoms with Gasteiger partial charge in [-0.25, -0.2) is 9.97 Å². The van der Waals surface area contributed by atoms with E-state index >= 15 is 0 Å². The zero-order chi connectivity index (χ0) is 37.2. The lowest BCUT2D eigenvalue weighted by molar-refractivity contribution is 0.337. The fourth-order valence-electron chi connectivity index (χ4n) is 8.60. The standard InChI is InChI=1S/C44H45BN6O2/c1-26-48-41(3,4)43(7,8)50(26)38-18-11-14-32(46-38)28-20-22-30-36(24-28)52-34-16-13-17-35-40(34)45(30)31-23-21-29(25-37(31)53-35)33-15-12-19-39(47-33)51-27(2)49-42(5,6)44(51,9)10/h11-25H,1-10H3. The van der Waals surface area contributed by atoms with Crippen LogP contribution in [0, 0.1) is 0 Å². The van der Waals surface area contributed by atoms with E-state index in [1.807, 2.05) is 18.2 Å². The van der Waals surface area contributed by atoms with Gasteiger partial charge in [-0.2, -0.15) is 0 Å². The number of fused-ring (bicyclic) bond motifs is 4. The topological polar surface area (TPSA) is 75.4 Å². The summed E-state index contributed by atoms with van der Waals surface area (Å²) in [6.07, 6.45) is 0. The van der Waals surface area contributed by atoms with Gasteiger partial charge in [0.15, 0.2) is 0 Å². The molecule has 0 bridgehead atoms. The molecule has 3 aromatic carbocycles. The lowest BCUT2D eigenvalue weighted by Gasteiger charge is -2.40. The highest BCUT2D eigenvalue weighted by Crippen LogP contribution is 2.43. The van der Waals surface area contributed by atoms with E-state index in [0.717, 1.165) is 85.2 Å². The third-order valence-corrected chi connectivity index (χ3v) is 12.6. The molecule has 0 unspecified atom stereocenters. The summed E-state index contributed by atoms with van der Waals surface area (Å²) in [5.74, 6) is 6.98. The maximum absolute atomic E-state index is 6.64. The van der Waals surface area contributed by atoms with Crippen molar-refractivity contribution in [1.82, 2.24) is 9.97 Å². The molecule has 0 fully saturated rings. The molecule has 9 heteroatoms. The van der Waals surface area contributed by atoms with Crippen LogP contribution in [0.4, 0.5) is 11.6 Å². The molecule has 0 N–H and O–H groups in total. The Hall–Kier alpha value is -5.44. The highest BCUT2D eigenvalue weighted by Gasteiger charge is 2.50. The summed E-state index contributed by atoms with van der Waals surface area (Å²) in [4.78, 5) is 24.8. The van der Waals surface area contributed by atoms with Gasteiger partial charge in [-0.1, -0.05) is 42.5 Å². The Kier molecular flexibility index (Phi) is 6.96. The van der Waals surface area contributed by atoms with Crippen LogP contribution in [0.2, 0.25) is 0 Å². The van der Waals surface area contributed by atoms with Gasteiger partial charge in [0.05, 0.1) is 33.5 Å². The summed E-state index contributed by atoms with van der Waals surface area (Å²) in [7, 11) is 0. The number of benzene rings is 3. The van der Waals surface area contributed by atoms with Crippen LogP contribution in [0.15, 0.2) is 101 Å². The van der Waals surface area contributed by atoms with E-state index in [1.54, 1.807) is 0 Å². The van der Waals surface area contributed by atoms with Crippen LogP contribution in [0.5, 0.6) is 23.0 Å². The van der Waals surface area contributed by atoms with E-state index in [1.165, 1.54) is 0 Å². The Morgan fingerprint density at radius 1 is 0.509 bits per heavy atom. The second-order valence-electron chi connectivity index (χ2n) is 16.8. The van der Waals surface area contributed by atoms with Crippen molar-refractivity contribution >= 4 is 46.4 Å². The SMILES string of the molecule is CC1=NC(C)(C)C(C)(C)N1c1cccc(-c2ccc3c(c2)Oc2cccc4c2B3c2ccc(-c3cccc(N5C(C)=NC(C)(C)C5(C)C)n3)cc2O4)n1. The third-order valence-electron chi connectivity index (χ3n) is 12.6. The van der Waals surface area contributed by atoms with Crippen molar-refractivity contribution in [2.45, 2.75) is 91.4 Å². The number of anilines is 2. The summed E-state index contributed by atoms with van der Waals surface area (Å²) >= 11 is 0. The molecular formula is C44H45BN6O2. The van der Waals surface area contributed by atoms with Gasteiger partial charge in [-0.3, -0.25) is 9.98 Å². The van der Waals surface area contributed by atoms with Crippen molar-refractivity contribution in [3.63, 3.8) is 0 Å². The molecule has 0 radical (unpaired) electrons. The lowest BCUT2D eigenvalue weighted by atomic mass is 9.35. The van der Waals surface area contributed by atoms with Gasteiger partial charge in [0.1, 0.15) is 46.3 Å². The molecule has 0 amide bonds. The predicted molar refractivity (Wildman–Crippen MR) is 218 cm³/mol. The molecule has 4 aliphatic heterocycles. The minimum absolute atomic E-state index is 0.0478. The molecule has 53 heavy (non-hydrogen) atoms. The molecular weight excluding hydrogens is 655 g/mol. The molecule has 8 nitrogen and oxygen atoms in total. The number of hydrogen-bond donors (Lipinski definition) is 0. The molecule has 266 valence electrons. The summed E-state index contributed by atoms with van der Waals surface area (Å²) in [6.45, 7) is 21.7. The summed E-state index contributed by atoms with van der Waals surface area (Å²) in [5.41, 5.74) is 6.08. The van der Waals surface area contributed by atoms with Crippen molar-refractivity contribution in [2.75, 3.05) is 9.80 Å². The highest BCUT2D eigenvalue weighted by molar-refractivity contribution is 6.98. The Bertz CT molecular complexity index is 2270. The van der Waals surface area contributed by atoms with Gasteiger partial charge in [0, 0.05) is 16.6 Å². The van der Waals surface area contributed by atoms with Gasteiger partial charge in [-0.05, 0) is 129 Å². The second kappa shape index (κ2) is 11.0.